The Hall–Kier alpha value is -1.64. The summed E-state index contributed by atoms with van der Waals surface area (Å²) >= 11 is 0. The molecule has 0 fully saturated rings. The molecular weight excluding hydrogens is 192 g/mol. The van der Waals surface area contributed by atoms with Crippen molar-refractivity contribution in [2.24, 2.45) is 0 Å². The molecule has 1 aromatic carbocycles. The molecule has 1 aliphatic rings. The van der Waals surface area contributed by atoms with E-state index in [9.17, 15) is 9.59 Å². The van der Waals surface area contributed by atoms with Crippen LogP contribution in [0.1, 0.15) is 29.3 Å². The van der Waals surface area contributed by atoms with Gasteiger partial charge in [0.15, 0.2) is 6.10 Å². The Morgan fingerprint density at radius 2 is 2.13 bits per heavy atom. The van der Waals surface area contributed by atoms with Gasteiger partial charge in [0.25, 0.3) is 0 Å². The topological polar surface area (TPSA) is 43.4 Å². The fourth-order valence-corrected chi connectivity index (χ4v) is 1.88. The molecule has 0 heterocycles. The first-order chi connectivity index (χ1) is 7.18. The summed E-state index contributed by atoms with van der Waals surface area (Å²) in [6.45, 7) is 1.33. The minimum Gasteiger partial charge on any atom is -0.454 e. The van der Waals surface area contributed by atoms with Crippen molar-refractivity contribution < 1.29 is 14.3 Å². The third kappa shape index (κ3) is 1.91. The minimum absolute atomic E-state index is 0.0768. The lowest BCUT2D eigenvalue weighted by molar-refractivity contribution is -0.144. The van der Waals surface area contributed by atoms with Gasteiger partial charge in [0.2, 0.25) is 5.78 Å². The molecule has 0 N–H and O–H groups in total. The highest BCUT2D eigenvalue weighted by Gasteiger charge is 2.28. The lowest BCUT2D eigenvalue weighted by Crippen LogP contribution is -2.31. The van der Waals surface area contributed by atoms with E-state index in [1.807, 2.05) is 18.2 Å². The van der Waals surface area contributed by atoms with E-state index in [0.717, 1.165) is 12.0 Å². The molecule has 0 amide bonds. The second kappa shape index (κ2) is 3.85. The molecule has 1 aliphatic carbocycles. The molecular formula is C12H12O3. The van der Waals surface area contributed by atoms with Crippen molar-refractivity contribution in [2.75, 3.05) is 0 Å². The van der Waals surface area contributed by atoms with Gasteiger partial charge in [-0.2, -0.15) is 0 Å². The smallest absolute Gasteiger partial charge is 0.303 e. The van der Waals surface area contributed by atoms with Crippen LogP contribution in [0.5, 0.6) is 0 Å². The predicted octanol–water partition coefficient (Wildman–Crippen LogP) is 1.75. The third-order valence-electron chi connectivity index (χ3n) is 2.56. The first kappa shape index (κ1) is 9.90. The normalized spacial score (nSPS) is 19.5. The highest BCUT2D eigenvalue weighted by Crippen LogP contribution is 2.22. The largest absolute Gasteiger partial charge is 0.454 e. The molecule has 0 bridgehead atoms. The van der Waals surface area contributed by atoms with Gasteiger partial charge in [-0.3, -0.25) is 9.59 Å². The van der Waals surface area contributed by atoms with Crippen LogP contribution >= 0.6 is 0 Å². The molecule has 15 heavy (non-hydrogen) atoms. The van der Waals surface area contributed by atoms with Gasteiger partial charge in [0, 0.05) is 12.5 Å². The fourth-order valence-electron chi connectivity index (χ4n) is 1.88. The van der Waals surface area contributed by atoms with Crippen molar-refractivity contribution in [2.45, 2.75) is 25.9 Å². The maximum absolute atomic E-state index is 11.9. The number of carbonyl (C=O) groups excluding carboxylic acids is 2. The third-order valence-corrected chi connectivity index (χ3v) is 2.56. The van der Waals surface area contributed by atoms with Crippen LogP contribution in [-0.4, -0.2) is 17.9 Å². The maximum atomic E-state index is 11.9. The molecule has 0 radical (unpaired) electrons. The second-order valence-corrected chi connectivity index (χ2v) is 3.66. The van der Waals surface area contributed by atoms with Crippen LogP contribution in [0.4, 0.5) is 0 Å². The summed E-state index contributed by atoms with van der Waals surface area (Å²) in [5, 5.41) is 0. The van der Waals surface area contributed by atoms with E-state index in [-0.39, 0.29) is 5.78 Å². The first-order valence-corrected chi connectivity index (χ1v) is 4.98. The molecule has 78 valence electrons. The molecule has 0 unspecified atom stereocenters. The van der Waals surface area contributed by atoms with E-state index in [4.69, 9.17) is 4.74 Å². The molecule has 3 heteroatoms. The highest BCUT2D eigenvalue weighted by atomic mass is 16.5. The molecule has 0 saturated heterocycles. The van der Waals surface area contributed by atoms with Crippen molar-refractivity contribution in [3.63, 3.8) is 0 Å². The van der Waals surface area contributed by atoms with E-state index < -0.39 is 12.1 Å². The number of benzene rings is 1. The fraction of sp³-hybridized carbons (Fsp3) is 0.333. The SMILES string of the molecule is CC(=O)O[C@@H]1CCc2ccccc2C1=O. The summed E-state index contributed by atoms with van der Waals surface area (Å²) in [7, 11) is 0. The summed E-state index contributed by atoms with van der Waals surface area (Å²) in [5.74, 6) is -0.472. The first-order valence-electron chi connectivity index (χ1n) is 4.98. The molecule has 0 spiro atoms. The van der Waals surface area contributed by atoms with Crippen molar-refractivity contribution in [1.82, 2.24) is 0 Å². The second-order valence-electron chi connectivity index (χ2n) is 3.66. The predicted molar refractivity (Wildman–Crippen MR) is 54.6 cm³/mol. The van der Waals surface area contributed by atoms with E-state index >= 15 is 0 Å². The quantitative estimate of drug-likeness (QED) is 0.654. The van der Waals surface area contributed by atoms with Crippen LogP contribution in [0.3, 0.4) is 0 Å². The number of ether oxygens (including phenoxy) is 1. The van der Waals surface area contributed by atoms with Crippen LogP contribution in [0.2, 0.25) is 0 Å². The molecule has 1 aromatic rings. The van der Waals surface area contributed by atoms with Crippen LogP contribution < -0.4 is 0 Å². The Morgan fingerprint density at radius 3 is 2.87 bits per heavy atom. The molecule has 0 aliphatic heterocycles. The van der Waals surface area contributed by atoms with Crippen molar-refractivity contribution >= 4 is 11.8 Å². The molecule has 0 saturated carbocycles. The Labute approximate surface area is 88.1 Å². The van der Waals surface area contributed by atoms with Gasteiger partial charge < -0.3 is 4.74 Å². The summed E-state index contributed by atoms with van der Waals surface area (Å²) in [4.78, 5) is 22.7. The van der Waals surface area contributed by atoms with Crippen molar-refractivity contribution in [3.8, 4) is 0 Å². The lowest BCUT2D eigenvalue weighted by Gasteiger charge is -2.22. The number of hydrogen-bond acceptors (Lipinski definition) is 3. The number of carbonyl (C=O) groups is 2. The van der Waals surface area contributed by atoms with Gasteiger partial charge in [-0.1, -0.05) is 24.3 Å². The van der Waals surface area contributed by atoms with Crippen LogP contribution in [0, 0.1) is 0 Å². The molecule has 1 atom stereocenters. The van der Waals surface area contributed by atoms with Crippen LogP contribution in [-0.2, 0) is 16.0 Å². The van der Waals surface area contributed by atoms with Crippen molar-refractivity contribution in [3.05, 3.63) is 35.4 Å². The van der Waals surface area contributed by atoms with Gasteiger partial charge in [-0.25, -0.2) is 0 Å². The van der Waals surface area contributed by atoms with E-state index in [1.54, 1.807) is 6.07 Å². The summed E-state index contributed by atoms with van der Waals surface area (Å²) in [6.07, 6.45) is 0.798. The van der Waals surface area contributed by atoms with Gasteiger partial charge in [0.1, 0.15) is 0 Å². The standard InChI is InChI=1S/C12H12O3/c1-8(13)15-11-7-6-9-4-2-3-5-10(9)12(11)14/h2-5,11H,6-7H2,1H3/t11-/m1/s1. The number of ketones is 1. The number of rotatable bonds is 1. The van der Waals surface area contributed by atoms with Crippen LogP contribution in [0.25, 0.3) is 0 Å². The van der Waals surface area contributed by atoms with E-state index in [0.29, 0.717) is 12.0 Å². The summed E-state index contributed by atoms with van der Waals surface area (Å²) < 4.78 is 4.97. The Kier molecular flexibility index (Phi) is 2.54. The van der Waals surface area contributed by atoms with Gasteiger partial charge in [-0.05, 0) is 18.4 Å². The number of hydrogen-bond donors (Lipinski definition) is 0. The molecule has 2 rings (SSSR count). The monoisotopic (exact) mass is 204 g/mol. The van der Waals surface area contributed by atoms with Crippen molar-refractivity contribution in [1.29, 1.82) is 0 Å². The number of esters is 1. The Balaban J connectivity index is 2.26. The zero-order valence-corrected chi connectivity index (χ0v) is 8.53. The number of Topliss-reactive ketones (excluding diaryl/α,β-unsaturated/α-hetero) is 1. The summed E-state index contributed by atoms with van der Waals surface area (Å²) in [5.41, 5.74) is 1.74. The average Bonchev–Trinajstić information content (AvgIpc) is 2.22. The minimum atomic E-state index is -0.586. The van der Waals surface area contributed by atoms with E-state index in [1.165, 1.54) is 6.92 Å². The van der Waals surface area contributed by atoms with Gasteiger partial charge in [-0.15, -0.1) is 0 Å². The van der Waals surface area contributed by atoms with Crippen LogP contribution in [0.15, 0.2) is 24.3 Å². The average molecular weight is 204 g/mol. The molecule has 0 aromatic heterocycles. The Morgan fingerprint density at radius 1 is 1.40 bits per heavy atom. The lowest BCUT2D eigenvalue weighted by atomic mass is 9.89. The van der Waals surface area contributed by atoms with E-state index in [2.05, 4.69) is 0 Å². The van der Waals surface area contributed by atoms with Gasteiger partial charge >= 0.3 is 5.97 Å². The number of aryl methyl sites for hydroxylation is 1. The molecule has 3 nitrogen and oxygen atoms in total. The summed E-state index contributed by atoms with van der Waals surface area (Å²) in [6, 6.07) is 7.47. The maximum Gasteiger partial charge on any atom is 0.303 e. The Bertz CT molecular complexity index is 409. The van der Waals surface area contributed by atoms with Gasteiger partial charge in [0.05, 0.1) is 0 Å². The zero-order chi connectivity index (χ0) is 10.8. The zero-order valence-electron chi connectivity index (χ0n) is 8.53. The highest BCUT2D eigenvalue weighted by molar-refractivity contribution is 6.02. The number of fused-ring (bicyclic) bond motifs is 1.